The fourth-order valence-corrected chi connectivity index (χ4v) is 3.31. The highest BCUT2D eigenvalue weighted by molar-refractivity contribution is 7.90. The molecule has 0 aromatic heterocycles. The third-order valence-electron chi connectivity index (χ3n) is 3.35. The highest BCUT2D eigenvalue weighted by atomic mass is 32.2. The van der Waals surface area contributed by atoms with E-state index < -0.39 is 9.84 Å². The van der Waals surface area contributed by atoms with E-state index in [0.29, 0.717) is 5.75 Å². The van der Waals surface area contributed by atoms with Gasteiger partial charge in [-0.1, -0.05) is 6.07 Å². The second kappa shape index (κ2) is 5.38. The summed E-state index contributed by atoms with van der Waals surface area (Å²) in [5.74, 6) is 0.793. The lowest BCUT2D eigenvalue weighted by Gasteiger charge is -2.19. The molecule has 1 heterocycles. The molecule has 0 aliphatic carbocycles. The molecule has 6 heteroatoms. The normalized spacial score (nSPS) is 19.4. The van der Waals surface area contributed by atoms with E-state index in [1.165, 1.54) is 14.2 Å². The lowest BCUT2D eigenvalue weighted by Crippen LogP contribution is -2.15. The fraction of sp³-hybridized carbons (Fsp3) is 0.538. The van der Waals surface area contributed by atoms with Crippen LogP contribution in [0.15, 0.2) is 17.0 Å². The molecule has 19 heavy (non-hydrogen) atoms. The number of ether oxygens (including phenoxy) is 2. The molecule has 1 aromatic rings. The van der Waals surface area contributed by atoms with Crippen molar-refractivity contribution < 1.29 is 17.9 Å². The number of benzene rings is 1. The Bertz CT molecular complexity index is 562. The van der Waals surface area contributed by atoms with E-state index in [-0.39, 0.29) is 16.7 Å². The zero-order chi connectivity index (χ0) is 14.0. The Morgan fingerprint density at radius 1 is 1.21 bits per heavy atom. The van der Waals surface area contributed by atoms with Crippen molar-refractivity contribution in [3.63, 3.8) is 0 Å². The maximum Gasteiger partial charge on any atom is 0.179 e. The zero-order valence-electron chi connectivity index (χ0n) is 11.4. The summed E-state index contributed by atoms with van der Waals surface area (Å²) in [4.78, 5) is 0.161. The minimum absolute atomic E-state index is 0.161. The lowest BCUT2D eigenvalue weighted by molar-refractivity contribution is 0.340. The average molecular weight is 285 g/mol. The topological polar surface area (TPSA) is 64.6 Å². The van der Waals surface area contributed by atoms with Gasteiger partial charge in [-0.2, -0.15) is 0 Å². The van der Waals surface area contributed by atoms with Gasteiger partial charge < -0.3 is 14.8 Å². The average Bonchev–Trinajstić information content (AvgIpc) is 2.89. The van der Waals surface area contributed by atoms with Crippen LogP contribution in [0.3, 0.4) is 0 Å². The predicted octanol–water partition coefficient (Wildman–Crippen LogP) is 1.53. The maximum atomic E-state index is 11.8. The standard InChI is InChI=1S/C13H19NO4S/c1-17-12-9(10-5-4-8-14-10)6-7-11(13(12)18-2)19(3,15)16/h6-7,10,14H,4-5,8H2,1-3H3. The number of hydrogen-bond donors (Lipinski definition) is 1. The first-order valence-corrected chi connectivity index (χ1v) is 8.06. The molecule has 0 radical (unpaired) electrons. The van der Waals surface area contributed by atoms with E-state index in [0.717, 1.165) is 31.2 Å². The largest absolute Gasteiger partial charge is 0.492 e. The van der Waals surface area contributed by atoms with Crippen molar-refractivity contribution in [3.05, 3.63) is 17.7 Å². The summed E-state index contributed by atoms with van der Waals surface area (Å²) in [6.45, 7) is 0.962. The summed E-state index contributed by atoms with van der Waals surface area (Å²) in [7, 11) is -0.357. The van der Waals surface area contributed by atoms with Crippen LogP contribution in [0.5, 0.6) is 11.5 Å². The Morgan fingerprint density at radius 2 is 1.89 bits per heavy atom. The minimum Gasteiger partial charge on any atom is -0.492 e. The monoisotopic (exact) mass is 285 g/mol. The molecule has 5 nitrogen and oxygen atoms in total. The van der Waals surface area contributed by atoms with E-state index in [9.17, 15) is 8.42 Å². The molecular weight excluding hydrogens is 266 g/mol. The Hall–Kier alpha value is -1.27. The summed E-state index contributed by atoms with van der Waals surface area (Å²) in [6, 6.07) is 3.59. The molecule has 1 N–H and O–H groups in total. The van der Waals surface area contributed by atoms with Crippen molar-refractivity contribution in [1.29, 1.82) is 0 Å². The van der Waals surface area contributed by atoms with Crippen LogP contribution in [0.4, 0.5) is 0 Å². The van der Waals surface area contributed by atoms with E-state index in [4.69, 9.17) is 9.47 Å². The van der Waals surface area contributed by atoms with Gasteiger partial charge in [0.2, 0.25) is 0 Å². The SMILES string of the molecule is COc1c(C2CCCN2)ccc(S(C)(=O)=O)c1OC. The molecule has 0 amide bonds. The molecule has 1 fully saturated rings. The van der Waals surface area contributed by atoms with Crippen LogP contribution in [-0.2, 0) is 9.84 Å². The van der Waals surface area contributed by atoms with Crippen molar-refractivity contribution in [3.8, 4) is 11.5 Å². The van der Waals surface area contributed by atoms with E-state index in [1.54, 1.807) is 12.1 Å². The van der Waals surface area contributed by atoms with Crippen LogP contribution in [0.2, 0.25) is 0 Å². The molecule has 1 atom stereocenters. The molecule has 1 aliphatic heterocycles. The summed E-state index contributed by atoms with van der Waals surface area (Å²) in [6.07, 6.45) is 3.28. The molecule has 1 aromatic carbocycles. The fourth-order valence-electron chi connectivity index (χ4n) is 2.48. The summed E-state index contributed by atoms with van der Waals surface area (Å²) in [5, 5.41) is 3.37. The lowest BCUT2D eigenvalue weighted by atomic mass is 10.0. The molecular formula is C13H19NO4S. The Kier molecular flexibility index (Phi) is 4.01. The van der Waals surface area contributed by atoms with Crippen LogP contribution in [0, 0.1) is 0 Å². The van der Waals surface area contributed by atoms with Gasteiger partial charge in [0.1, 0.15) is 4.90 Å². The summed E-state index contributed by atoms with van der Waals surface area (Å²) in [5.41, 5.74) is 0.948. The smallest absolute Gasteiger partial charge is 0.179 e. The first kappa shape index (κ1) is 14.1. The number of rotatable bonds is 4. The maximum absolute atomic E-state index is 11.8. The van der Waals surface area contributed by atoms with Gasteiger partial charge in [0.15, 0.2) is 21.3 Å². The van der Waals surface area contributed by atoms with Crippen molar-refractivity contribution in [2.24, 2.45) is 0 Å². The van der Waals surface area contributed by atoms with Crippen LogP contribution in [-0.4, -0.2) is 35.4 Å². The van der Waals surface area contributed by atoms with E-state index in [2.05, 4.69) is 5.32 Å². The van der Waals surface area contributed by atoms with Gasteiger partial charge in [0.25, 0.3) is 0 Å². The number of hydrogen-bond acceptors (Lipinski definition) is 5. The molecule has 106 valence electrons. The van der Waals surface area contributed by atoms with Gasteiger partial charge in [-0.05, 0) is 25.5 Å². The minimum atomic E-state index is -3.34. The van der Waals surface area contributed by atoms with Crippen LogP contribution < -0.4 is 14.8 Å². The number of sulfone groups is 1. The molecule has 1 unspecified atom stereocenters. The van der Waals surface area contributed by atoms with Gasteiger partial charge in [0, 0.05) is 17.9 Å². The zero-order valence-corrected chi connectivity index (χ0v) is 12.2. The molecule has 0 saturated carbocycles. The highest BCUT2D eigenvalue weighted by Crippen LogP contribution is 2.41. The van der Waals surface area contributed by atoms with Crippen molar-refractivity contribution >= 4 is 9.84 Å². The van der Waals surface area contributed by atoms with Crippen molar-refractivity contribution in [2.75, 3.05) is 27.0 Å². The van der Waals surface area contributed by atoms with Crippen LogP contribution in [0.25, 0.3) is 0 Å². The highest BCUT2D eigenvalue weighted by Gasteiger charge is 2.26. The van der Waals surface area contributed by atoms with Crippen molar-refractivity contribution in [1.82, 2.24) is 5.32 Å². The second-order valence-electron chi connectivity index (χ2n) is 4.64. The summed E-state index contributed by atoms with van der Waals surface area (Å²) < 4.78 is 34.2. The predicted molar refractivity (Wildman–Crippen MR) is 72.6 cm³/mol. The van der Waals surface area contributed by atoms with Gasteiger partial charge in [-0.3, -0.25) is 0 Å². The Balaban J connectivity index is 2.59. The van der Waals surface area contributed by atoms with Gasteiger partial charge in [-0.15, -0.1) is 0 Å². The summed E-state index contributed by atoms with van der Waals surface area (Å²) >= 11 is 0. The molecule has 1 saturated heterocycles. The Morgan fingerprint density at radius 3 is 2.37 bits per heavy atom. The number of nitrogens with one attached hydrogen (secondary N) is 1. The Labute approximate surface area is 113 Å². The van der Waals surface area contributed by atoms with Gasteiger partial charge in [0.05, 0.1) is 14.2 Å². The molecule has 0 bridgehead atoms. The van der Waals surface area contributed by atoms with E-state index >= 15 is 0 Å². The third kappa shape index (κ3) is 2.69. The molecule has 2 rings (SSSR count). The van der Waals surface area contributed by atoms with E-state index in [1.807, 2.05) is 0 Å². The first-order valence-electron chi connectivity index (χ1n) is 6.17. The number of methoxy groups -OCH3 is 2. The van der Waals surface area contributed by atoms with Crippen LogP contribution >= 0.6 is 0 Å². The van der Waals surface area contributed by atoms with Crippen molar-refractivity contribution in [2.45, 2.75) is 23.8 Å². The van der Waals surface area contributed by atoms with Gasteiger partial charge >= 0.3 is 0 Å². The third-order valence-corrected chi connectivity index (χ3v) is 4.47. The second-order valence-corrected chi connectivity index (χ2v) is 6.62. The van der Waals surface area contributed by atoms with Gasteiger partial charge in [-0.25, -0.2) is 8.42 Å². The van der Waals surface area contributed by atoms with Crippen LogP contribution in [0.1, 0.15) is 24.4 Å². The quantitative estimate of drug-likeness (QED) is 0.909. The molecule has 0 spiro atoms. The first-order chi connectivity index (χ1) is 8.99. The molecule has 1 aliphatic rings.